The molecule has 1 aromatic carbocycles. The Labute approximate surface area is 122 Å². The molecule has 1 aliphatic heterocycles. The van der Waals surface area contributed by atoms with Crippen molar-refractivity contribution in [1.29, 1.82) is 0 Å². The third-order valence-corrected chi connectivity index (χ3v) is 3.63. The molecule has 2 N–H and O–H groups in total. The summed E-state index contributed by atoms with van der Waals surface area (Å²) in [4.78, 5) is 13.8. The van der Waals surface area contributed by atoms with Gasteiger partial charge in [-0.25, -0.2) is 4.79 Å². The Balaban J connectivity index is 1.61. The molecule has 0 aliphatic carbocycles. The fraction of sp³-hybridized carbons (Fsp3) is 0.333. The molecule has 0 atom stereocenters. The van der Waals surface area contributed by atoms with Crippen LogP contribution in [0.1, 0.15) is 22.5 Å². The minimum atomic E-state index is -0.338. The van der Waals surface area contributed by atoms with Gasteiger partial charge >= 0.3 is 6.09 Å². The molecule has 0 saturated heterocycles. The number of nitrogens with zero attached hydrogens (tertiary/aromatic N) is 2. The molecule has 1 amide bonds. The maximum atomic E-state index is 12.1. The first kappa shape index (κ1) is 13.6. The molecule has 1 aromatic heterocycles. The van der Waals surface area contributed by atoms with Crippen molar-refractivity contribution < 1.29 is 14.6 Å². The number of aliphatic hydroxyl groups is 1. The molecule has 0 spiro atoms. The van der Waals surface area contributed by atoms with Gasteiger partial charge in [0.2, 0.25) is 0 Å². The van der Waals surface area contributed by atoms with Crippen LogP contribution in [-0.4, -0.2) is 32.8 Å². The molecule has 21 heavy (non-hydrogen) atoms. The third kappa shape index (κ3) is 2.90. The second kappa shape index (κ2) is 5.97. The highest BCUT2D eigenvalue weighted by molar-refractivity contribution is 5.68. The average molecular weight is 287 g/mol. The summed E-state index contributed by atoms with van der Waals surface area (Å²) >= 11 is 0. The van der Waals surface area contributed by atoms with Crippen molar-refractivity contribution in [2.24, 2.45) is 0 Å². The maximum absolute atomic E-state index is 12.1. The number of aliphatic hydroxyl groups excluding tert-OH is 1. The molecule has 6 heteroatoms. The van der Waals surface area contributed by atoms with Crippen LogP contribution in [0.4, 0.5) is 4.79 Å². The highest BCUT2D eigenvalue weighted by Crippen LogP contribution is 2.21. The minimum absolute atomic E-state index is 0.126. The van der Waals surface area contributed by atoms with Crippen molar-refractivity contribution in [2.75, 3.05) is 6.54 Å². The minimum Gasteiger partial charge on any atom is -0.445 e. The zero-order chi connectivity index (χ0) is 14.7. The number of benzene rings is 1. The number of carbonyl (C=O) groups excluding carboxylic acids is 1. The lowest BCUT2D eigenvalue weighted by Gasteiger charge is -2.26. The Bertz CT molecular complexity index is 611. The molecular formula is C15H17N3O3. The van der Waals surface area contributed by atoms with E-state index in [-0.39, 0.29) is 19.3 Å². The topological polar surface area (TPSA) is 78.5 Å². The average Bonchev–Trinajstić information content (AvgIpc) is 2.95. The van der Waals surface area contributed by atoms with Gasteiger partial charge in [-0.05, 0) is 5.56 Å². The Morgan fingerprint density at radius 1 is 1.38 bits per heavy atom. The van der Waals surface area contributed by atoms with Crippen molar-refractivity contribution in [3.8, 4) is 0 Å². The van der Waals surface area contributed by atoms with Gasteiger partial charge in [0.25, 0.3) is 0 Å². The van der Waals surface area contributed by atoms with Gasteiger partial charge in [0.05, 0.1) is 18.8 Å². The number of aromatic amines is 1. The van der Waals surface area contributed by atoms with Crippen molar-refractivity contribution in [1.82, 2.24) is 15.1 Å². The van der Waals surface area contributed by atoms with Crippen LogP contribution in [0, 0.1) is 0 Å². The van der Waals surface area contributed by atoms with Crippen molar-refractivity contribution in [3.05, 3.63) is 52.8 Å². The molecule has 0 bridgehead atoms. The predicted molar refractivity (Wildman–Crippen MR) is 75.3 cm³/mol. The van der Waals surface area contributed by atoms with Crippen LogP contribution in [0.2, 0.25) is 0 Å². The Morgan fingerprint density at radius 2 is 2.19 bits per heavy atom. The van der Waals surface area contributed by atoms with Crippen LogP contribution in [0.15, 0.2) is 30.3 Å². The molecule has 0 unspecified atom stereocenters. The lowest BCUT2D eigenvalue weighted by Crippen LogP contribution is -2.36. The molecule has 2 heterocycles. The summed E-state index contributed by atoms with van der Waals surface area (Å²) < 4.78 is 5.33. The number of H-pyrrole nitrogens is 1. The molecule has 6 nitrogen and oxygen atoms in total. The smallest absolute Gasteiger partial charge is 0.410 e. The van der Waals surface area contributed by atoms with Crippen molar-refractivity contribution in [3.63, 3.8) is 0 Å². The van der Waals surface area contributed by atoms with Gasteiger partial charge in [-0.3, -0.25) is 5.10 Å². The lowest BCUT2D eigenvalue weighted by atomic mass is 10.1. The van der Waals surface area contributed by atoms with E-state index in [1.807, 2.05) is 30.3 Å². The number of rotatable bonds is 3. The van der Waals surface area contributed by atoms with Crippen molar-refractivity contribution in [2.45, 2.75) is 26.2 Å². The van der Waals surface area contributed by atoms with Gasteiger partial charge in [-0.2, -0.15) is 5.10 Å². The number of fused-ring (bicyclic) bond motifs is 1. The van der Waals surface area contributed by atoms with Gasteiger partial charge in [0, 0.05) is 24.2 Å². The van der Waals surface area contributed by atoms with E-state index in [4.69, 9.17) is 4.74 Å². The lowest BCUT2D eigenvalue weighted by molar-refractivity contribution is 0.0914. The van der Waals surface area contributed by atoms with Crippen molar-refractivity contribution >= 4 is 6.09 Å². The SMILES string of the molecule is O=C(OCc1ccccc1)N1CCc2[nH]nc(CO)c2C1. The van der Waals surface area contributed by atoms with E-state index in [0.717, 1.165) is 16.8 Å². The van der Waals surface area contributed by atoms with E-state index in [1.54, 1.807) is 4.90 Å². The number of aromatic nitrogens is 2. The van der Waals surface area contributed by atoms with Gasteiger partial charge in [0.15, 0.2) is 0 Å². The normalized spacial score (nSPS) is 13.9. The summed E-state index contributed by atoms with van der Waals surface area (Å²) in [5.74, 6) is 0. The van der Waals surface area contributed by atoms with E-state index in [9.17, 15) is 9.90 Å². The summed E-state index contributed by atoms with van der Waals surface area (Å²) in [5, 5.41) is 16.2. The van der Waals surface area contributed by atoms with Crippen LogP contribution in [0.25, 0.3) is 0 Å². The first-order valence-electron chi connectivity index (χ1n) is 6.89. The predicted octanol–water partition coefficient (Wildman–Crippen LogP) is 1.60. The molecule has 1 aliphatic rings. The molecule has 3 rings (SSSR count). The van der Waals surface area contributed by atoms with Crippen LogP contribution in [0.3, 0.4) is 0 Å². The molecular weight excluding hydrogens is 270 g/mol. The van der Waals surface area contributed by atoms with Crippen LogP contribution in [-0.2, 0) is 30.9 Å². The fourth-order valence-electron chi connectivity index (χ4n) is 2.45. The number of ether oxygens (including phenoxy) is 1. The van der Waals surface area contributed by atoms with Gasteiger partial charge in [0.1, 0.15) is 6.61 Å². The highest BCUT2D eigenvalue weighted by Gasteiger charge is 2.25. The monoisotopic (exact) mass is 287 g/mol. The number of hydrogen-bond donors (Lipinski definition) is 2. The fourth-order valence-corrected chi connectivity index (χ4v) is 2.45. The zero-order valence-electron chi connectivity index (χ0n) is 11.6. The van der Waals surface area contributed by atoms with E-state index >= 15 is 0 Å². The number of nitrogens with one attached hydrogen (secondary N) is 1. The Kier molecular flexibility index (Phi) is 3.87. The van der Waals surface area contributed by atoms with E-state index in [1.165, 1.54) is 0 Å². The molecule has 2 aromatic rings. The second-order valence-electron chi connectivity index (χ2n) is 5.00. The Morgan fingerprint density at radius 3 is 2.95 bits per heavy atom. The first-order valence-corrected chi connectivity index (χ1v) is 6.89. The summed E-state index contributed by atoms with van der Waals surface area (Å²) in [6.45, 7) is 1.16. The maximum Gasteiger partial charge on any atom is 0.410 e. The highest BCUT2D eigenvalue weighted by atomic mass is 16.6. The van der Waals surface area contributed by atoms with Gasteiger partial charge < -0.3 is 14.7 Å². The van der Waals surface area contributed by atoms with E-state index < -0.39 is 0 Å². The molecule has 110 valence electrons. The zero-order valence-corrected chi connectivity index (χ0v) is 11.6. The molecule has 0 saturated carbocycles. The summed E-state index contributed by atoms with van der Waals surface area (Å²) in [5.41, 5.74) is 3.46. The number of carbonyl (C=O) groups is 1. The number of amides is 1. The molecule has 0 radical (unpaired) electrons. The van der Waals surface area contributed by atoms with Crippen LogP contribution < -0.4 is 0 Å². The van der Waals surface area contributed by atoms with Crippen LogP contribution >= 0.6 is 0 Å². The largest absolute Gasteiger partial charge is 0.445 e. The van der Waals surface area contributed by atoms with Gasteiger partial charge in [-0.15, -0.1) is 0 Å². The van der Waals surface area contributed by atoms with E-state index in [0.29, 0.717) is 25.2 Å². The second-order valence-corrected chi connectivity index (χ2v) is 5.00. The Hall–Kier alpha value is -2.34. The summed E-state index contributed by atoms with van der Waals surface area (Å²) in [7, 11) is 0. The van der Waals surface area contributed by atoms with Crippen LogP contribution in [0.5, 0.6) is 0 Å². The van der Waals surface area contributed by atoms with E-state index in [2.05, 4.69) is 10.2 Å². The number of hydrogen-bond acceptors (Lipinski definition) is 4. The van der Waals surface area contributed by atoms with Gasteiger partial charge in [-0.1, -0.05) is 30.3 Å². The first-order chi connectivity index (χ1) is 10.3. The molecule has 0 fully saturated rings. The summed E-state index contributed by atoms with van der Waals surface area (Å²) in [6.07, 6.45) is 0.359. The standard InChI is InChI=1S/C15H17N3O3/c19-9-14-12-8-18(7-6-13(12)16-17-14)15(20)21-10-11-4-2-1-3-5-11/h1-5,19H,6-10H2,(H,16,17). The quantitative estimate of drug-likeness (QED) is 0.898. The third-order valence-electron chi connectivity index (χ3n) is 3.63. The summed E-state index contributed by atoms with van der Waals surface area (Å²) in [6, 6.07) is 9.58.